The van der Waals surface area contributed by atoms with Crippen molar-refractivity contribution in [2.75, 3.05) is 26.2 Å². The molecule has 0 spiro atoms. The Balaban J connectivity index is 1.59. The predicted octanol–water partition coefficient (Wildman–Crippen LogP) is 2.64. The number of hydrogen-bond donors (Lipinski definition) is 1. The van der Waals surface area contributed by atoms with Gasteiger partial charge in [-0.15, -0.1) is 0 Å². The summed E-state index contributed by atoms with van der Waals surface area (Å²) in [4.78, 5) is 2.71. The second kappa shape index (κ2) is 6.61. The van der Waals surface area contributed by atoms with Crippen LogP contribution in [0.4, 0.5) is 0 Å². The van der Waals surface area contributed by atoms with E-state index in [9.17, 15) is 0 Å². The highest BCUT2D eigenvalue weighted by molar-refractivity contribution is 4.74. The minimum Gasteiger partial charge on any atom is -0.316 e. The van der Waals surface area contributed by atoms with Crippen LogP contribution in [-0.2, 0) is 0 Å². The molecule has 0 saturated carbocycles. The van der Waals surface area contributed by atoms with Crippen LogP contribution in [0.25, 0.3) is 0 Å². The molecule has 16 heavy (non-hydrogen) atoms. The summed E-state index contributed by atoms with van der Waals surface area (Å²) >= 11 is 0. The number of nitrogens with zero attached hydrogens (tertiary/aromatic N) is 1. The maximum Gasteiger partial charge on any atom is 0.00669 e. The van der Waals surface area contributed by atoms with E-state index in [1.165, 1.54) is 71.1 Å². The standard InChI is InChI=1S/C14H28N2/c1-13-6-2-3-10-16(13)11-5-8-14-7-4-9-15-12-14/h13-15H,2-12H2,1H3. The number of hydrogen-bond acceptors (Lipinski definition) is 2. The van der Waals surface area contributed by atoms with E-state index in [1.807, 2.05) is 0 Å². The van der Waals surface area contributed by atoms with Crippen molar-refractivity contribution in [1.82, 2.24) is 10.2 Å². The van der Waals surface area contributed by atoms with Gasteiger partial charge >= 0.3 is 0 Å². The summed E-state index contributed by atoms with van der Waals surface area (Å²) in [7, 11) is 0. The van der Waals surface area contributed by atoms with Gasteiger partial charge in [0.25, 0.3) is 0 Å². The number of piperidine rings is 2. The zero-order valence-corrected chi connectivity index (χ0v) is 10.9. The maximum absolute atomic E-state index is 3.52. The second-order valence-corrected chi connectivity index (χ2v) is 5.74. The van der Waals surface area contributed by atoms with Crippen LogP contribution >= 0.6 is 0 Å². The fourth-order valence-corrected chi connectivity index (χ4v) is 3.24. The van der Waals surface area contributed by atoms with Gasteiger partial charge in [-0.2, -0.15) is 0 Å². The molecule has 1 N–H and O–H groups in total. The number of nitrogens with one attached hydrogen (secondary N) is 1. The lowest BCUT2D eigenvalue weighted by Crippen LogP contribution is -2.38. The summed E-state index contributed by atoms with van der Waals surface area (Å²) in [6, 6.07) is 0.846. The van der Waals surface area contributed by atoms with Gasteiger partial charge in [0.2, 0.25) is 0 Å². The Kier molecular flexibility index (Phi) is 5.11. The first kappa shape index (κ1) is 12.4. The summed E-state index contributed by atoms with van der Waals surface area (Å²) in [6.07, 6.45) is 10.0. The molecule has 0 amide bonds. The van der Waals surface area contributed by atoms with Crippen molar-refractivity contribution in [3.63, 3.8) is 0 Å². The average molecular weight is 224 g/mol. The minimum absolute atomic E-state index is 0.846. The number of rotatable bonds is 4. The van der Waals surface area contributed by atoms with E-state index >= 15 is 0 Å². The van der Waals surface area contributed by atoms with Crippen LogP contribution < -0.4 is 5.32 Å². The smallest absolute Gasteiger partial charge is 0.00669 e. The molecule has 2 atom stereocenters. The third-order valence-corrected chi connectivity index (χ3v) is 4.40. The highest BCUT2D eigenvalue weighted by Crippen LogP contribution is 2.19. The first-order valence-electron chi connectivity index (χ1n) is 7.31. The van der Waals surface area contributed by atoms with Crippen LogP contribution in [0, 0.1) is 5.92 Å². The van der Waals surface area contributed by atoms with Gasteiger partial charge in [-0.25, -0.2) is 0 Å². The van der Waals surface area contributed by atoms with E-state index in [-0.39, 0.29) is 0 Å². The normalized spacial score (nSPS) is 32.8. The summed E-state index contributed by atoms with van der Waals surface area (Å²) in [5, 5.41) is 3.52. The van der Waals surface area contributed by atoms with E-state index in [4.69, 9.17) is 0 Å². The Bertz CT molecular complexity index is 187. The molecule has 2 aliphatic heterocycles. The van der Waals surface area contributed by atoms with Crippen LogP contribution in [0.1, 0.15) is 51.9 Å². The van der Waals surface area contributed by atoms with Gasteiger partial charge in [0, 0.05) is 6.04 Å². The lowest BCUT2D eigenvalue weighted by molar-refractivity contribution is 0.154. The van der Waals surface area contributed by atoms with Crippen LogP contribution in [0.15, 0.2) is 0 Å². The van der Waals surface area contributed by atoms with E-state index in [2.05, 4.69) is 17.1 Å². The zero-order valence-electron chi connectivity index (χ0n) is 10.9. The Labute approximate surface area is 101 Å². The Morgan fingerprint density at radius 1 is 1.19 bits per heavy atom. The average Bonchev–Trinajstić information content (AvgIpc) is 2.33. The molecule has 0 bridgehead atoms. The van der Waals surface area contributed by atoms with Crippen molar-refractivity contribution in [3.05, 3.63) is 0 Å². The molecule has 2 aliphatic rings. The Hall–Kier alpha value is -0.0800. The molecule has 2 rings (SSSR count). The van der Waals surface area contributed by atoms with E-state index in [0.29, 0.717) is 0 Å². The molecule has 2 unspecified atom stereocenters. The molecular weight excluding hydrogens is 196 g/mol. The minimum atomic E-state index is 0.846. The maximum atomic E-state index is 3.52. The van der Waals surface area contributed by atoms with Gasteiger partial charge in [0.1, 0.15) is 0 Å². The molecular formula is C14H28N2. The molecule has 2 heterocycles. The molecule has 94 valence electrons. The predicted molar refractivity (Wildman–Crippen MR) is 69.7 cm³/mol. The number of likely N-dealkylation sites (tertiary alicyclic amines) is 1. The van der Waals surface area contributed by atoms with Gasteiger partial charge in [-0.05, 0) is 77.5 Å². The van der Waals surface area contributed by atoms with E-state index < -0.39 is 0 Å². The molecule has 0 aliphatic carbocycles. The van der Waals surface area contributed by atoms with Crippen molar-refractivity contribution in [2.24, 2.45) is 5.92 Å². The van der Waals surface area contributed by atoms with E-state index in [1.54, 1.807) is 0 Å². The molecule has 0 aromatic heterocycles. The molecule has 0 aromatic carbocycles. The molecule has 0 radical (unpaired) electrons. The summed E-state index contributed by atoms with van der Waals surface area (Å²) in [5.74, 6) is 0.967. The van der Waals surface area contributed by atoms with Crippen LogP contribution in [0.3, 0.4) is 0 Å². The highest BCUT2D eigenvalue weighted by atomic mass is 15.1. The van der Waals surface area contributed by atoms with Crippen molar-refractivity contribution in [2.45, 2.75) is 57.9 Å². The van der Waals surface area contributed by atoms with Crippen LogP contribution in [-0.4, -0.2) is 37.1 Å². The molecule has 2 nitrogen and oxygen atoms in total. The quantitative estimate of drug-likeness (QED) is 0.790. The summed E-state index contributed by atoms with van der Waals surface area (Å²) < 4.78 is 0. The first-order chi connectivity index (χ1) is 7.86. The molecule has 2 fully saturated rings. The van der Waals surface area contributed by atoms with Gasteiger partial charge in [0.15, 0.2) is 0 Å². The Morgan fingerprint density at radius 3 is 2.88 bits per heavy atom. The summed E-state index contributed by atoms with van der Waals surface area (Å²) in [5.41, 5.74) is 0. The Morgan fingerprint density at radius 2 is 2.12 bits per heavy atom. The largest absolute Gasteiger partial charge is 0.316 e. The van der Waals surface area contributed by atoms with Gasteiger partial charge in [-0.3, -0.25) is 0 Å². The van der Waals surface area contributed by atoms with Crippen molar-refractivity contribution in [3.8, 4) is 0 Å². The topological polar surface area (TPSA) is 15.3 Å². The lowest BCUT2D eigenvalue weighted by atomic mass is 9.94. The monoisotopic (exact) mass is 224 g/mol. The fourth-order valence-electron chi connectivity index (χ4n) is 3.24. The molecule has 2 heteroatoms. The third kappa shape index (κ3) is 3.74. The van der Waals surface area contributed by atoms with Gasteiger partial charge in [-0.1, -0.05) is 6.42 Å². The highest BCUT2D eigenvalue weighted by Gasteiger charge is 2.18. The van der Waals surface area contributed by atoms with Crippen molar-refractivity contribution in [1.29, 1.82) is 0 Å². The van der Waals surface area contributed by atoms with E-state index in [0.717, 1.165) is 12.0 Å². The lowest BCUT2D eigenvalue weighted by Gasteiger charge is -2.33. The molecule has 2 saturated heterocycles. The third-order valence-electron chi connectivity index (χ3n) is 4.40. The van der Waals surface area contributed by atoms with Crippen molar-refractivity contribution >= 4 is 0 Å². The second-order valence-electron chi connectivity index (χ2n) is 5.74. The van der Waals surface area contributed by atoms with Crippen molar-refractivity contribution < 1.29 is 0 Å². The van der Waals surface area contributed by atoms with Crippen LogP contribution in [0.5, 0.6) is 0 Å². The zero-order chi connectivity index (χ0) is 11.2. The fraction of sp³-hybridized carbons (Fsp3) is 1.00. The SMILES string of the molecule is CC1CCCCN1CCCC1CCCNC1. The summed E-state index contributed by atoms with van der Waals surface area (Å²) in [6.45, 7) is 7.62. The van der Waals surface area contributed by atoms with Gasteiger partial charge in [0.05, 0.1) is 0 Å². The van der Waals surface area contributed by atoms with Gasteiger partial charge < -0.3 is 10.2 Å². The van der Waals surface area contributed by atoms with Crippen LogP contribution in [0.2, 0.25) is 0 Å². The molecule has 0 aromatic rings. The first-order valence-corrected chi connectivity index (χ1v) is 7.31.